The molecule has 1 aromatic rings. The summed E-state index contributed by atoms with van der Waals surface area (Å²) in [5.41, 5.74) is 5.91. The van der Waals surface area contributed by atoms with Gasteiger partial charge in [-0.05, 0) is 24.6 Å². The molecule has 100 valence electrons. The van der Waals surface area contributed by atoms with Crippen LogP contribution < -0.4 is 11.1 Å². The van der Waals surface area contributed by atoms with Gasteiger partial charge in [0, 0.05) is 18.2 Å². The van der Waals surface area contributed by atoms with Crippen molar-refractivity contribution in [2.75, 3.05) is 5.32 Å². The normalized spacial score (nSPS) is 13.2. The molecular weight excluding hydrogens is 245 g/mol. The fourth-order valence-electron chi connectivity index (χ4n) is 1.49. The first-order chi connectivity index (χ1) is 8.26. The van der Waals surface area contributed by atoms with Crippen LogP contribution in [0.4, 0.5) is 18.9 Å². The SMILES string of the molecule is CC(N)CC(=O)Nc1cccc(CC(F)(F)F)c1. The molecule has 1 rings (SSSR count). The van der Waals surface area contributed by atoms with E-state index in [1.807, 2.05) is 0 Å². The highest BCUT2D eigenvalue weighted by Crippen LogP contribution is 2.22. The Kier molecular flexibility index (Phi) is 4.72. The molecule has 0 fully saturated rings. The second-order valence-corrected chi connectivity index (χ2v) is 4.22. The van der Waals surface area contributed by atoms with E-state index in [4.69, 9.17) is 5.73 Å². The zero-order chi connectivity index (χ0) is 13.8. The van der Waals surface area contributed by atoms with E-state index in [0.717, 1.165) is 0 Å². The van der Waals surface area contributed by atoms with Gasteiger partial charge in [-0.2, -0.15) is 13.2 Å². The molecule has 0 saturated carbocycles. The molecule has 0 heterocycles. The van der Waals surface area contributed by atoms with Crippen LogP contribution in [0.5, 0.6) is 0 Å². The quantitative estimate of drug-likeness (QED) is 0.873. The molecule has 18 heavy (non-hydrogen) atoms. The molecule has 0 aromatic heterocycles. The molecular formula is C12H15F3N2O. The Bertz CT molecular complexity index is 416. The van der Waals surface area contributed by atoms with Gasteiger partial charge in [-0.3, -0.25) is 4.79 Å². The number of nitrogens with two attached hydrogens (primary N) is 1. The summed E-state index contributed by atoms with van der Waals surface area (Å²) in [4.78, 5) is 11.4. The lowest BCUT2D eigenvalue weighted by molar-refractivity contribution is -0.127. The number of anilines is 1. The lowest BCUT2D eigenvalue weighted by Gasteiger charge is -2.10. The van der Waals surface area contributed by atoms with E-state index in [2.05, 4.69) is 5.32 Å². The Morgan fingerprint density at radius 3 is 2.67 bits per heavy atom. The minimum absolute atomic E-state index is 0.112. The monoisotopic (exact) mass is 260 g/mol. The van der Waals surface area contributed by atoms with E-state index >= 15 is 0 Å². The van der Waals surface area contributed by atoms with Gasteiger partial charge in [-0.1, -0.05) is 12.1 Å². The lowest BCUT2D eigenvalue weighted by atomic mass is 10.1. The second kappa shape index (κ2) is 5.86. The number of rotatable bonds is 4. The predicted molar refractivity (Wildman–Crippen MR) is 63.1 cm³/mol. The van der Waals surface area contributed by atoms with Crippen LogP contribution in [-0.4, -0.2) is 18.1 Å². The number of benzene rings is 1. The van der Waals surface area contributed by atoms with Crippen LogP contribution in [0.1, 0.15) is 18.9 Å². The van der Waals surface area contributed by atoms with Crippen LogP contribution in [0.25, 0.3) is 0 Å². The summed E-state index contributed by atoms with van der Waals surface area (Å²) in [6, 6.07) is 5.41. The Hall–Kier alpha value is -1.56. The molecule has 1 atom stereocenters. The molecule has 0 spiro atoms. The maximum atomic E-state index is 12.2. The molecule has 1 unspecified atom stereocenters. The topological polar surface area (TPSA) is 55.1 Å². The lowest BCUT2D eigenvalue weighted by Crippen LogP contribution is -2.24. The molecule has 3 N–H and O–H groups in total. The van der Waals surface area contributed by atoms with Crippen LogP contribution in [0.2, 0.25) is 0 Å². The van der Waals surface area contributed by atoms with Gasteiger partial charge in [-0.15, -0.1) is 0 Å². The van der Waals surface area contributed by atoms with Crippen molar-refractivity contribution in [3.05, 3.63) is 29.8 Å². The number of halogens is 3. The molecule has 0 aliphatic heterocycles. The van der Waals surface area contributed by atoms with Crippen LogP contribution >= 0.6 is 0 Å². The Morgan fingerprint density at radius 2 is 2.11 bits per heavy atom. The first kappa shape index (κ1) is 14.5. The molecule has 0 saturated heterocycles. The van der Waals surface area contributed by atoms with Crippen molar-refractivity contribution in [1.29, 1.82) is 0 Å². The number of alkyl halides is 3. The van der Waals surface area contributed by atoms with Crippen LogP contribution in [0.15, 0.2) is 24.3 Å². The standard InChI is InChI=1S/C12H15F3N2O/c1-8(16)5-11(18)17-10-4-2-3-9(6-10)7-12(13,14)15/h2-4,6,8H,5,7,16H2,1H3,(H,17,18). The van der Waals surface area contributed by atoms with Crippen LogP contribution in [0.3, 0.4) is 0 Å². The fraction of sp³-hybridized carbons (Fsp3) is 0.417. The minimum atomic E-state index is -4.26. The smallest absolute Gasteiger partial charge is 0.327 e. The summed E-state index contributed by atoms with van der Waals surface area (Å²) in [6.45, 7) is 1.68. The van der Waals surface area contributed by atoms with Gasteiger partial charge in [0.05, 0.1) is 6.42 Å². The summed E-state index contributed by atoms with van der Waals surface area (Å²) in [5.74, 6) is -0.311. The maximum Gasteiger partial charge on any atom is 0.393 e. The highest BCUT2D eigenvalue weighted by atomic mass is 19.4. The van der Waals surface area contributed by atoms with Crippen molar-refractivity contribution >= 4 is 11.6 Å². The van der Waals surface area contributed by atoms with Crippen molar-refractivity contribution < 1.29 is 18.0 Å². The summed E-state index contributed by atoms with van der Waals surface area (Å²) in [7, 11) is 0. The van der Waals surface area contributed by atoms with Crippen molar-refractivity contribution in [3.8, 4) is 0 Å². The van der Waals surface area contributed by atoms with E-state index in [0.29, 0.717) is 5.69 Å². The van der Waals surface area contributed by atoms with Crippen molar-refractivity contribution in [1.82, 2.24) is 0 Å². The summed E-state index contributed by atoms with van der Waals surface area (Å²) >= 11 is 0. The number of amides is 1. The van der Waals surface area contributed by atoms with Gasteiger partial charge < -0.3 is 11.1 Å². The van der Waals surface area contributed by atoms with E-state index in [1.165, 1.54) is 18.2 Å². The van der Waals surface area contributed by atoms with Crippen molar-refractivity contribution in [3.63, 3.8) is 0 Å². The zero-order valence-corrected chi connectivity index (χ0v) is 9.92. The largest absolute Gasteiger partial charge is 0.393 e. The number of hydrogen-bond donors (Lipinski definition) is 2. The number of carbonyl (C=O) groups excluding carboxylic acids is 1. The van der Waals surface area contributed by atoms with Crippen molar-refractivity contribution in [2.45, 2.75) is 32.0 Å². The molecule has 0 bridgehead atoms. The first-order valence-electron chi connectivity index (χ1n) is 5.47. The maximum absolute atomic E-state index is 12.2. The van der Waals surface area contributed by atoms with E-state index in [9.17, 15) is 18.0 Å². The van der Waals surface area contributed by atoms with Gasteiger partial charge in [0.25, 0.3) is 0 Å². The average molecular weight is 260 g/mol. The van der Waals surface area contributed by atoms with Gasteiger partial charge in [-0.25, -0.2) is 0 Å². The van der Waals surface area contributed by atoms with Gasteiger partial charge in [0.15, 0.2) is 0 Å². The molecule has 1 amide bonds. The minimum Gasteiger partial charge on any atom is -0.327 e. The van der Waals surface area contributed by atoms with E-state index in [1.54, 1.807) is 13.0 Å². The third-order valence-electron chi connectivity index (χ3n) is 2.12. The molecule has 3 nitrogen and oxygen atoms in total. The number of carbonyl (C=O) groups is 1. The summed E-state index contributed by atoms with van der Waals surface area (Å²) < 4.78 is 36.6. The van der Waals surface area contributed by atoms with Crippen LogP contribution in [0, 0.1) is 0 Å². The van der Waals surface area contributed by atoms with Gasteiger partial charge in [0.2, 0.25) is 5.91 Å². The molecule has 0 aliphatic rings. The molecule has 6 heteroatoms. The molecule has 0 radical (unpaired) electrons. The highest BCUT2D eigenvalue weighted by Gasteiger charge is 2.27. The Morgan fingerprint density at radius 1 is 1.44 bits per heavy atom. The first-order valence-corrected chi connectivity index (χ1v) is 5.47. The Labute approximate surface area is 103 Å². The summed E-state index contributed by atoms with van der Waals surface area (Å²) in [5, 5.41) is 2.51. The predicted octanol–water partition coefficient (Wildman–Crippen LogP) is 2.47. The number of nitrogens with one attached hydrogen (secondary N) is 1. The van der Waals surface area contributed by atoms with Crippen molar-refractivity contribution in [2.24, 2.45) is 5.73 Å². The molecule has 0 aliphatic carbocycles. The van der Waals surface area contributed by atoms with Gasteiger partial charge in [0.1, 0.15) is 0 Å². The van der Waals surface area contributed by atoms with Gasteiger partial charge >= 0.3 is 6.18 Å². The zero-order valence-electron chi connectivity index (χ0n) is 9.92. The Balaban J connectivity index is 2.68. The fourth-order valence-corrected chi connectivity index (χ4v) is 1.49. The van der Waals surface area contributed by atoms with Crippen LogP contribution in [-0.2, 0) is 11.2 Å². The number of hydrogen-bond acceptors (Lipinski definition) is 2. The second-order valence-electron chi connectivity index (χ2n) is 4.22. The van der Waals surface area contributed by atoms with E-state index in [-0.39, 0.29) is 23.9 Å². The van der Waals surface area contributed by atoms with E-state index < -0.39 is 12.6 Å². The average Bonchev–Trinajstić information content (AvgIpc) is 2.13. The molecule has 1 aromatic carbocycles. The third-order valence-corrected chi connectivity index (χ3v) is 2.12. The third kappa shape index (κ3) is 5.67. The highest BCUT2D eigenvalue weighted by molar-refractivity contribution is 5.91. The summed E-state index contributed by atoms with van der Waals surface area (Å²) in [6.07, 6.45) is -5.14.